The molecule has 0 saturated carbocycles. The van der Waals surface area contributed by atoms with Crippen molar-refractivity contribution in [3.8, 4) is 0 Å². The molecule has 18 heavy (non-hydrogen) atoms. The van der Waals surface area contributed by atoms with Gasteiger partial charge in [0.05, 0.1) is 0 Å². The summed E-state index contributed by atoms with van der Waals surface area (Å²) in [5.41, 5.74) is 0. The van der Waals surface area contributed by atoms with E-state index in [1.165, 1.54) is 26.9 Å². The monoisotopic (exact) mass is 314 g/mol. The summed E-state index contributed by atoms with van der Waals surface area (Å²) >= 11 is 9.98. The molecule has 0 aromatic heterocycles. The van der Waals surface area contributed by atoms with E-state index in [4.69, 9.17) is 11.6 Å². The average Bonchev–Trinajstić information content (AvgIpc) is 2.38. The first kappa shape index (κ1) is 10.6. The Labute approximate surface area is 118 Å². The van der Waals surface area contributed by atoms with E-state index < -0.39 is 0 Å². The van der Waals surface area contributed by atoms with E-state index in [1.54, 1.807) is 0 Å². The zero-order valence-electron chi connectivity index (χ0n) is 9.37. The fraction of sp³-hybridized carbons (Fsp3) is 0. The normalized spacial score (nSPS) is 11.9. The van der Waals surface area contributed by atoms with Gasteiger partial charge in [0.1, 0.15) is 0 Å². The third-order valence-corrected chi connectivity index (χ3v) is 4.53. The van der Waals surface area contributed by atoms with Gasteiger partial charge in [-0.15, -0.1) is 0 Å². The van der Waals surface area contributed by atoms with Crippen LogP contribution in [0.3, 0.4) is 0 Å². The molecule has 0 bridgehead atoms. The van der Waals surface area contributed by atoms with Gasteiger partial charge in [0.2, 0.25) is 0 Å². The summed E-state index contributed by atoms with van der Waals surface area (Å²) in [5, 5.41) is 8.23. The Morgan fingerprint density at radius 2 is 1.56 bits per heavy atom. The minimum atomic E-state index is 0.813. The maximum Gasteiger partial charge on any atom is 0.0485 e. The molecule has 4 aromatic rings. The van der Waals surface area contributed by atoms with Crippen LogP contribution < -0.4 is 0 Å². The highest BCUT2D eigenvalue weighted by atomic mass is 79.9. The minimum Gasteiger partial charge on any atom is -0.0837 e. The first-order valence-electron chi connectivity index (χ1n) is 5.77. The first-order valence-corrected chi connectivity index (χ1v) is 6.94. The van der Waals surface area contributed by atoms with Crippen LogP contribution in [0.15, 0.2) is 53.0 Å². The molecule has 0 heterocycles. The van der Waals surface area contributed by atoms with Gasteiger partial charge in [0, 0.05) is 14.9 Å². The maximum atomic E-state index is 6.32. The second-order valence-corrected chi connectivity index (χ2v) is 5.78. The number of benzene rings is 4. The smallest absolute Gasteiger partial charge is 0.0485 e. The van der Waals surface area contributed by atoms with Crippen molar-refractivity contribution in [3.63, 3.8) is 0 Å². The van der Waals surface area contributed by atoms with E-state index in [0.29, 0.717) is 0 Å². The quantitative estimate of drug-likeness (QED) is 0.349. The second kappa shape index (κ2) is 3.59. The van der Waals surface area contributed by atoms with Crippen molar-refractivity contribution in [2.75, 3.05) is 0 Å². The molecule has 0 nitrogen and oxygen atoms in total. The molecule has 0 aliphatic heterocycles. The SMILES string of the molecule is Clc1ccc2c(Br)cc3cccc4ccc1c2c43. The van der Waals surface area contributed by atoms with Gasteiger partial charge in [-0.1, -0.05) is 63.9 Å². The average molecular weight is 316 g/mol. The summed E-state index contributed by atoms with van der Waals surface area (Å²) < 4.78 is 1.12. The summed E-state index contributed by atoms with van der Waals surface area (Å²) in [4.78, 5) is 0. The number of hydrogen-bond donors (Lipinski definition) is 0. The van der Waals surface area contributed by atoms with Gasteiger partial charge >= 0.3 is 0 Å². The van der Waals surface area contributed by atoms with E-state index in [2.05, 4.69) is 58.4 Å². The Bertz CT molecular complexity index is 890. The summed E-state index contributed by atoms with van der Waals surface area (Å²) in [6.07, 6.45) is 0. The van der Waals surface area contributed by atoms with E-state index in [1.807, 2.05) is 6.07 Å². The summed E-state index contributed by atoms with van der Waals surface area (Å²) in [6, 6.07) is 16.9. The molecule has 0 atom stereocenters. The molecule has 0 unspecified atom stereocenters. The topological polar surface area (TPSA) is 0 Å². The van der Waals surface area contributed by atoms with Crippen LogP contribution in [0.5, 0.6) is 0 Å². The Balaban J connectivity index is 2.49. The minimum absolute atomic E-state index is 0.813. The van der Waals surface area contributed by atoms with Gasteiger partial charge in [0.15, 0.2) is 0 Å². The fourth-order valence-corrected chi connectivity index (χ4v) is 3.55. The molecule has 0 spiro atoms. The van der Waals surface area contributed by atoms with E-state index in [9.17, 15) is 0 Å². The third-order valence-electron chi connectivity index (χ3n) is 3.54. The van der Waals surface area contributed by atoms with E-state index >= 15 is 0 Å². The zero-order valence-corrected chi connectivity index (χ0v) is 11.7. The van der Waals surface area contributed by atoms with E-state index in [0.717, 1.165) is 14.9 Å². The van der Waals surface area contributed by atoms with Crippen LogP contribution in [0.25, 0.3) is 32.3 Å². The zero-order chi connectivity index (χ0) is 12.3. The van der Waals surface area contributed by atoms with Crippen LogP contribution >= 0.6 is 27.5 Å². The molecular formula is C16H8BrCl. The molecule has 0 aliphatic carbocycles. The lowest BCUT2D eigenvalue weighted by atomic mass is 9.94. The molecule has 4 aromatic carbocycles. The lowest BCUT2D eigenvalue weighted by Gasteiger charge is -2.12. The first-order chi connectivity index (χ1) is 8.75. The van der Waals surface area contributed by atoms with E-state index in [-0.39, 0.29) is 0 Å². The van der Waals surface area contributed by atoms with Gasteiger partial charge in [0.25, 0.3) is 0 Å². The van der Waals surface area contributed by atoms with Gasteiger partial charge in [-0.05, 0) is 39.1 Å². The Morgan fingerprint density at radius 3 is 2.44 bits per heavy atom. The van der Waals surface area contributed by atoms with Gasteiger partial charge < -0.3 is 0 Å². The van der Waals surface area contributed by atoms with Crippen molar-refractivity contribution in [1.82, 2.24) is 0 Å². The molecule has 0 aliphatic rings. The highest BCUT2D eigenvalue weighted by molar-refractivity contribution is 9.10. The number of hydrogen-bond acceptors (Lipinski definition) is 0. The highest BCUT2D eigenvalue weighted by Crippen LogP contribution is 2.40. The Hall–Kier alpha value is -1.31. The van der Waals surface area contributed by atoms with Crippen LogP contribution in [0, 0.1) is 0 Å². The molecule has 0 amide bonds. The second-order valence-electron chi connectivity index (χ2n) is 4.52. The number of halogens is 2. The van der Waals surface area contributed by atoms with Crippen molar-refractivity contribution in [2.24, 2.45) is 0 Å². The molecule has 0 radical (unpaired) electrons. The highest BCUT2D eigenvalue weighted by Gasteiger charge is 2.11. The lowest BCUT2D eigenvalue weighted by molar-refractivity contribution is 1.75. The molecule has 0 saturated heterocycles. The van der Waals surface area contributed by atoms with Crippen molar-refractivity contribution in [2.45, 2.75) is 0 Å². The maximum absolute atomic E-state index is 6.32. The Kier molecular flexibility index (Phi) is 2.12. The molecule has 4 rings (SSSR count). The summed E-state index contributed by atoms with van der Waals surface area (Å²) in [7, 11) is 0. The fourth-order valence-electron chi connectivity index (χ4n) is 2.75. The molecule has 0 fully saturated rings. The summed E-state index contributed by atoms with van der Waals surface area (Å²) in [5.74, 6) is 0. The lowest BCUT2D eigenvalue weighted by Crippen LogP contribution is -1.85. The molecule has 0 N–H and O–H groups in total. The number of rotatable bonds is 0. The van der Waals surface area contributed by atoms with Crippen LogP contribution in [-0.2, 0) is 0 Å². The van der Waals surface area contributed by atoms with Crippen molar-refractivity contribution in [1.29, 1.82) is 0 Å². The van der Waals surface area contributed by atoms with Crippen molar-refractivity contribution < 1.29 is 0 Å². The predicted octanol–water partition coefficient (Wildman–Crippen LogP) is 6.00. The van der Waals surface area contributed by atoms with Crippen LogP contribution in [0.1, 0.15) is 0 Å². The van der Waals surface area contributed by atoms with Crippen molar-refractivity contribution >= 4 is 59.8 Å². The standard InChI is InChI=1S/C16H8BrCl/c17-13-8-10-3-1-2-9-4-5-12-14(18)7-6-11(13)16(12)15(9)10/h1-8H. The molecular weight excluding hydrogens is 308 g/mol. The predicted molar refractivity (Wildman–Crippen MR) is 82.9 cm³/mol. The largest absolute Gasteiger partial charge is 0.0837 e. The van der Waals surface area contributed by atoms with Crippen LogP contribution in [-0.4, -0.2) is 0 Å². The molecule has 86 valence electrons. The molecule has 2 heteroatoms. The van der Waals surface area contributed by atoms with Crippen LogP contribution in [0.2, 0.25) is 5.02 Å². The van der Waals surface area contributed by atoms with Gasteiger partial charge in [-0.3, -0.25) is 0 Å². The Morgan fingerprint density at radius 1 is 0.778 bits per heavy atom. The van der Waals surface area contributed by atoms with Crippen molar-refractivity contribution in [3.05, 3.63) is 58.0 Å². The van der Waals surface area contributed by atoms with Gasteiger partial charge in [-0.25, -0.2) is 0 Å². The third kappa shape index (κ3) is 1.26. The van der Waals surface area contributed by atoms with Crippen LogP contribution in [0.4, 0.5) is 0 Å². The summed E-state index contributed by atoms with van der Waals surface area (Å²) in [6.45, 7) is 0. The van der Waals surface area contributed by atoms with Gasteiger partial charge in [-0.2, -0.15) is 0 Å².